The van der Waals surface area contributed by atoms with Crippen LogP contribution >= 0.6 is 11.3 Å². The van der Waals surface area contributed by atoms with Crippen molar-refractivity contribution in [3.63, 3.8) is 0 Å². The molecule has 1 unspecified atom stereocenters. The molecule has 0 aliphatic heterocycles. The topological polar surface area (TPSA) is 97.5 Å². The number of aliphatic hydroxyl groups excluding tert-OH is 1. The molecule has 1 rings (SSSR count). The maximum absolute atomic E-state index is 11.5. The lowest BCUT2D eigenvalue weighted by molar-refractivity contribution is 0.0480. The molecule has 0 saturated carbocycles. The molecule has 0 aromatic carbocycles. The van der Waals surface area contributed by atoms with Crippen molar-refractivity contribution < 1.29 is 14.6 Å². The Balaban J connectivity index is 2.62. The third-order valence-corrected chi connectivity index (χ3v) is 2.46. The molecule has 0 aliphatic rings. The van der Waals surface area contributed by atoms with Crippen LogP contribution < -0.4 is 11.1 Å². The molecular weight excluding hydrogens is 242 g/mol. The minimum absolute atomic E-state index is 0.261. The lowest BCUT2D eigenvalue weighted by Crippen LogP contribution is -2.36. The Morgan fingerprint density at radius 2 is 2.35 bits per heavy atom. The summed E-state index contributed by atoms with van der Waals surface area (Å²) in [5, 5.41) is 13.8. The van der Waals surface area contributed by atoms with Gasteiger partial charge in [0.25, 0.3) is 0 Å². The number of rotatable bonds is 3. The zero-order chi connectivity index (χ0) is 13.1. The molecular formula is C10H17N3O3S. The number of nitrogens with one attached hydrogen (secondary N) is 1. The summed E-state index contributed by atoms with van der Waals surface area (Å²) in [6.07, 6.45) is -0.594. The Bertz CT molecular complexity index is 386. The monoisotopic (exact) mass is 259 g/mol. The van der Waals surface area contributed by atoms with Crippen LogP contribution in [0.2, 0.25) is 0 Å². The van der Waals surface area contributed by atoms with E-state index in [1.54, 1.807) is 26.2 Å². The molecule has 1 aromatic rings. The second-order valence-corrected chi connectivity index (χ2v) is 5.38. The van der Waals surface area contributed by atoms with Gasteiger partial charge >= 0.3 is 6.09 Å². The molecule has 0 saturated heterocycles. The number of hydrogen-bond donors (Lipinski definition) is 3. The van der Waals surface area contributed by atoms with Crippen LogP contribution in [0.15, 0.2) is 5.38 Å². The average Bonchev–Trinajstić information content (AvgIpc) is 2.58. The van der Waals surface area contributed by atoms with Crippen molar-refractivity contribution in [1.29, 1.82) is 0 Å². The molecule has 7 heteroatoms. The van der Waals surface area contributed by atoms with Crippen LogP contribution in [0.3, 0.4) is 0 Å². The van der Waals surface area contributed by atoms with Gasteiger partial charge in [-0.1, -0.05) is 0 Å². The second-order valence-electron chi connectivity index (χ2n) is 4.49. The van der Waals surface area contributed by atoms with E-state index in [-0.39, 0.29) is 6.61 Å². The Kier molecular flexibility index (Phi) is 4.30. The molecule has 0 aliphatic carbocycles. The molecule has 0 bridgehead atoms. The predicted octanol–water partition coefficient (Wildman–Crippen LogP) is 1.28. The van der Waals surface area contributed by atoms with Crippen LogP contribution in [-0.2, 0) is 4.74 Å². The van der Waals surface area contributed by atoms with Gasteiger partial charge in [0.05, 0.1) is 18.3 Å². The van der Waals surface area contributed by atoms with Crippen LogP contribution in [0.4, 0.5) is 9.93 Å². The van der Waals surface area contributed by atoms with Crippen molar-refractivity contribution in [3.8, 4) is 0 Å². The summed E-state index contributed by atoms with van der Waals surface area (Å²) >= 11 is 1.25. The summed E-state index contributed by atoms with van der Waals surface area (Å²) in [6, 6.07) is -0.599. The first-order chi connectivity index (χ1) is 7.81. The summed E-state index contributed by atoms with van der Waals surface area (Å²) in [5.41, 5.74) is 5.44. The third-order valence-electron chi connectivity index (χ3n) is 1.77. The van der Waals surface area contributed by atoms with Gasteiger partial charge in [0.2, 0.25) is 0 Å². The molecule has 17 heavy (non-hydrogen) atoms. The Morgan fingerprint density at radius 1 is 1.71 bits per heavy atom. The van der Waals surface area contributed by atoms with Crippen molar-refractivity contribution in [2.45, 2.75) is 32.4 Å². The van der Waals surface area contributed by atoms with E-state index >= 15 is 0 Å². The highest BCUT2D eigenvalue weighted by molar-refractivity contribution is 7.13. The zero-order valence-electron chi connectivity index (χ0n) is 10.1. The second kappa shape index (κ2) is 5.33. The molecule has 6 nitrogen and oxygen atoms in total. The molecule has 0 fully saturated rings. The van der Waals surface area contributed by atoms with E-state index in [1.807, 2.05) is 0 Å². The third kappa shape index (κ3) is 4.58. The number of carbonyl (C=O) groups is 1. The van der Waals surface area contributed by atoms with E-state index in [9.17, 15) is 9.90 Å². The maximum atomic E-state index is 11.5. The highest BCUT2D eigenvalue weighted by Gasteiger charge is 2.21. The van der Waals surface area contributed by atoms with Gasteiger partial charge in [0.1, 0.15) is 5.60 Å². The molecule has 4 N–H and O–H groups in total. The predicted molar refractivity (Wildman–Crippen MR) is 65.7 cm³/mol. The molecule has 0 spiro atoms. The lowest BCUT2D eigenvalue weighted by Gasteiger charge is -2.22. The first kappa shape index (κ1) is 13.7. The Hall–Kier alpha value is -1.34. The van der Waals surface area contributed by atoms with E-state index in [0.29, 0.717) is 10.8 Å². The first-order valence-corrected chi connectivity index (χ1v) is 6.01. The first-order valence-electron chi connectivity index (χ1n) is 5.13. The molecule has 1 atom stereocenters. The summed E-state index contributed by atoms with van der Waals surface area (Å²) in [4.78, 5) is 15.5. The summed E-state index contributed by atoms with van der Waals surface area (Å²) in [6.45, 7) is 5.03. The molecule has 1 aromatic heterocycles. The van der Waals surface area contributed by atoms with Gasteiger partial charge in [-0.05, 0) is 20.8 Å². The SMILES string of the molecule is CC(C)(C)OC(=O)NC(CO)c1csc(N)n1. The van der Waals surface area contributed by atoms with Gasteiger partial charge in [0.15, 0.2) is 5.13 Å². The van der Waals surface area contributed by atoms with Crippen molar-refractivity contribution in [3.05, 3.63) is 11.1 Å². The number of anilines is 1. The van der Waals surface area contributed by atoms with Gasteiger partial charge in [-0.3, -0.25) is 0 Å². The van der Waals surface area contributed by atoms with E-state index in [1.165, 1.54) is 11.3 Å². The Morgan fingerprint density at radius 3 is 2.76 bits per heavy atom. The number of thiazole rings is 1. The molecule has 0 radical (unpaired) electrons. The fourth-order valence-electron chi connectivity index (χ4n) is 1.12. The number of ether oxygens (including phenoxy) is 1. The van der Waals surface area contributed by atoms with Crippen LogP contribution in [-0.4, -0.2) is 28.4 Å². The number of hydrogen-bond acceptors (Lipinski definition) is 6. The number of nitrogens with zero attached hydrogens (tertiary/aromatic N) is 1. The highest BCUT2D eigenvalue weighted by atomic mass is 32.1. The maximum Gasteiger partial charge on any atom is 0.408 e. The van der Waals surface area contributed by atoms with Crippen molar-refractivity contribution in [2.75, 3.05) is 12.3 Å². The fraction of sp³-hybridized carbons (Fsp3) is 0.600. The van der Waals surface area contributed by atoms with Crippen LogP contribution in [0.5, 0.6) is 0 Å². The van der Waals surface area contributed by atoms with Crippen molar-refractivity contribution in [1.82, 2.24) is 10.3 Å². The van der Waals surface area contributed by atoms with Gasteiger partial charge in [-0.2, -0.15) is 0 Å². The minimum Gasteiger partial charge on any atom is -0.444 e. The van der Waals surface area contributed by atoms with Crippen molar-refractivity contribution >= 4 is 22.6 Å². The summed E-state index contributed by atoms with van der Waals surface area (Å²) in [5.74, 6) is 0. The molecule has 1 amide bonds. The summed E-state index contributed by atoms with van der Waals surface area (Å²) < 4.78 is 5.08. The quantitative estimate of drug-likeness (QED) is 0.759. The van der Waals surface area contributed by atoms with Crippen molar-refractivity contribution in [2.24, 2.45) is 0 Å². The largest absolute Gasteiger partial charge is 0.444 e. The van der Waals surface area contributed by atoms with Gasteiger partial charge in [0, 0.05) is 5.38 Å². The van der Waals surface area contributed by atoms with Gasteiger partial charge in [-0.25, -0.2) is 9.78 Å². The van der Waals surface area contributed by atoms with Crippen LogP contribution in [0.25, 0.3) is 0 Å². The van der Waals surface area contributed by atoms with E-state index in [4.69, 9.17) is 10.5 Å². The number of alkyl carbamates (subject to hydrolysis) is 1. The molecule has 1 heterocycles. The highest BCUT2D eigenvalue weighted by Crippen LogP contribution is 2.18. The van der Waals surface area contributed by atoms with Gasteiger partial charge < -0.3 is 20.9 Å². The normalized spacial score (nSPS) is 13.2. The minimum atomic E-state index is -0.599. The number of aliphatic hydroxyl groups is 1. The average molecular weight is 259 g/mol. The zero-order valence-corrected chi connectivity index (χ0v) is 10.9. The number of nitrogen functional groups attached to an aromatic ring is 1. The number of carbonyl (C=O) groups excluding carboxylic acids is 1. The fourth-order valence-corrected chi connectivity index (χ4v) is 1.74. The lowest BCUT2D eigenvalue weighted by atomic mass is 10.2. The number of aromatic nitrogens is 1. The molecule has 96 valence electrons. The standard InChI is InChI=1S/C10H17N3O3S/c1-10(2,3)16-9(15)13-6(4-14)7-5-17-8(11)12-7/h5-6,14H,4H2,1-3H3,(H2,11,12)(H,13,15). The van der Waals surface area contributed by atoms with E-state index in [0.717, 1.165) is 0 Å². The van der Waals surface area contributed by atoms with Crippen LogP contribution in [0, 0.1) is 0 Å². The number of nitrogens with two attached hydrogens (primary N) is 1. The summed E-state index contributed by atoms with van der Waals surface area (Å²) in [7, 11) is 0. The van der Waals surface area contributed by atoms with E-state index in [2.05, 4.69) is 10.3 Å². The van der Waals surface area contributed by atoms with Gasteiger partial charge in [-0.15, -0.1) is 11.3 Å². The van der Waals surface area contributed by atoms with E-state index < -0.39 is 17.7 Å². The number of amides is 1. The van der Waals surface area contributed by atoms with Crippen LogP contribution in [0.1, 0.15) is 32.5 Å². The Labute approximate surface area is 104 Å². The smallest absolute Gasteiger partial charge is 0.408 e.